The lowest BCUT2D eigenvalue weighted by Crippen LogP contribution is -1.97. The third-order valence-electron chi connectivity index (χ3n) is 2.54. The molecular weight excluding hydrogens is 232 g/mol. The van der Waals surface area contributed by atoms with Crippen LogP contribution in [0.25, 0.3) is 21.5 Å². The number of hydrogen-bond acceptors (Lipinski definition) is 5. The summed E-state index contributed by atoms with van der Waals surface area (Å²) in [6, 6.07) is 7.85. The van der Waals surface area contributed by atoms with E-state index in [9.17, 15) is 0 Å². The molecule has 5 heteroatoms. The van der Waals surface area contributed by atoms with Crippen molar-refractivity contribution in [3.8, 4) is 10.7 Å². The first-order valence-corrected chi connectivity index (χ1v) is 6.07. The van der Waals surface area contributed by atoms with Gasteiger partial charge in [0.05, 0.1) is 0 Å². The molecule has 0 aliphatic heterocycles. The Hall–Kier alpha value is -2.01. The van der Waals surface area contributed by atoms with Gasteiger partial charge in [0.2, 0.25) is 0 Å². The lowest BCUT2D eigenvalue weighted by Gasteiger charge is -2.03. The van der Waals surface area contributed by atoms with Crippen LogP contribution in [0, 0.1) is 6.92 Å². The quantitative estimate of drug-likeness (QED) is 0.712. The summed E-state index contributed by atoms with van der Waals surface area (Å²) in [5.41, 5.74) is 7.61. The zero-order valence-corrected chi connectivity index (χ0v) is 10.0. The first-order valence-electron chi connectivity index (χ1n) is 5.19. The molecule has 0 aliphatic carbocycles. The molecule has 0 amide bonds. The maximum atomic E-state index is 5.82. The minimum Gasteiger partial charge on any atom is -0.382 e. The molecule has 2 heterocycles. The number of anilines is 1. The fourth-order valence-corrected chi connectivity index (χ4v) is 2.54. The summed E-state index contributed by atoms with van der Waals surface area (Å²) in [5, 5.41) is 12.9. The average Bonchev–Trinajstić information content (AvgIpc) is 2.77. The maximum absolute atomic E-state index is 5.82. The third-order valence-corrected chi connectivity index (χ3v) is 3.50. The number of fused-ring (bicyclic) bond motifs is 1. The molecule has 0 spiro atoms. The van der Waals surface area contributed by atoms with Crippen molar-refractivity contribution in [3.63, 3.8) is 0 Å². The van der Waals surface area contributed by atoms with Crippen molar-refractivity contribution in [3.05, 3.63) is 35.3 Å². The van der Waals surface area contributed by atoms with Crippen molar-refractivity contribution < 1.29 is 0 Å². The fourth-order valence-electron chi connectivity index (χ4n) is 1.75. The molecule has 2 N–H and O–H groups in total. The van der Waals surface area contributed by atoms with E-state index in [1.807, 2.05) is 36.6 Å². The maximum Gasteiger partial charge on any atom is 0.154 e. The molecule has 0 bridgehead atoms. The van der Waals surface area contributed by atoms with Crippen LogP contribution in [0.5, 0.6) is 0 Å². The van der Waals surface area contributed by atoms with Gasteiger partial charge < -0.3 is 5.73 Å². The summed E-state index contributed by atoms with van der Waals surface area (Å²) in [7, 11) is 0. The van der Waals surface area contributed by atoms with Gasteiger partial charge in [-0.25, -0.2) is 4.98 Å². The molecule has 0 saturated carbocycles. The zero-order chi connectivity index (χ0) is 11.8. The van der Waals surface area contributed by atoms with Crippen molar-refractivity contribution in [2.24, 2.45) is 0 Å². The molecule has 84 valence electrons. The molecule has 1 aromatic carbocycles. The van der Waals surface area contributed by atoms with E-state index in [0.717, 1.165) is 27.2 Å². The van der Waals surface area contributed by atoms with Crippen LogP contribution in [0.2, 0.25) is 0 Å². The van der Waals surface area contributed by atoms with Crippen LogP contribution in [0.1, 0.15) is 5.69 Å². The van der Waals surface area contributed by atoms with E-state index in [1.54, 1.807) is 11.3 Å². The Morgan fingerprint density at radius 1 is 1.12 bits per heavy atom. The lowest BCUT2D eigenvalue weighted by atomic mass is 10.1. The van der Waals surface area contributed by atoms with E-state index in [-0.39, 0.29) is 0 Å². The first kappa shape index (κ1) is 10.2. The summed E-state index contributed by atoms with van der Waals surface area (Å²) >= 11 is 1.57. The van der Waals surface area contributed by atoms with Crippen LogP contribution in [0.3, 0.4) is 0 Å². The van der Waals surface area contributed by atoms with E-state index in [2.05, 4.69) is 15.2 Å². The summed E-state index contributed by atoms with van der Waals surface area (Å²) < 4.78 is 0. The highest BCUT2D eigenvalue weighted by molar-refractivity contribution is 7.13. The minimum atomic E-state index is 0.456. The number of benzene rings is 1. The van der Waals surface area contributed by atoms with Crippen LogP contribution in [-0.4, -0.2) is 15.2 Å². The highest BCUT2D eigenvalue weighted by Crippen LogP contribution is 2.30. The van der Waals surface area contributed by atoms with Gasteiger partial charge >= 0.3 is 0 Å². The largest absolute Gasteiger partial charge is 0.382 e. The second kappa shape index (κ2) is 3.78. The second-order valence-electron chi connectivity index (χ2n) is 3.77. The van der Waals surface area contributed by atoms with E-state index >= 15 is 0 Å². The number of hydrogen-bond donors (Lipinski definition) is 1. The molecule has 2 aromatic heterocycles. The molecule has 0 fully saturated rings. The van der Waals surface area contributed by atoms with Gasteiger partial charge in [-0.2, -0.15) is 0 Å². The molecule has 4 nitrogen and oxygen atoms in total. The Morgan fingerprint density at radius 3 is 2.59 bits per heavy atom. The summed E-state index contributed by atoms with van der Waals surface area (Å²) in [6.45, 7) is 1.97. The van der Waals surface area contributed by atoms with Crippen LogP contribution in [0.4, 0.5) is 5.82 Å². The monoisotopic (exact) mass is 242 g/mol. The normalized spacial score (nSPS) is 10.9. The molecule has 3 aromatic rings. The van der Waals surface area contributed by atoms with Crippen molar-refractivity contribution >= 4 is 27.9 Å². The summed E-state index contributed by atoms with van der Waals surface area (Å²) in [4.78, 5) is 4.44. The molecule has 0 unspecified atom stereocenters. The summed E-state index contributed by atoms with van der Waals surface area (Å²) in [5.74, 6) is 0.456. The van der Waals surface area contributed by atoms with Crippen molar-refractivity contribution in [2.45, 2.75) is 6.92 Å². The van der Waals surface area contributed by atoms with Gasteiger partial charge in [-0.3, -0.25) is 0 Å². The number of aryl methyl sites for hydroxylation is 1. The first-order chi connectivity index (χ1) is 8.25. The molecule has 0 saturated heterocycles. The second-order valence-corrected chi connectivity index (χ2v) is 4.63. The van der Waals surface area contributed by atoms with Gasteiger partial charge in [0.15, 0.2) is 5.82 Å². The summed E-state index contributed by atoms with van der Waals surface area (Å²) in [6.07, 6.45) is 0. The Balaban J connectivity index is 2.34. The lowest BCUT2D eigenvalue weighted by molar-refractivity contribution is 1.06. The molecular formula is C12H10N4S. The predicted molar refractivity (Wildman–Crippen MR) is 69.8 cm³/mol. The van der Waals surface area contributed by atoms with E-state index in [0.29, 0.717) is 5.82 Å². The number of nitrogens with zero attached hydrogens (tertiary/aromatic N) is 3. The number of thiazole rings is 1. The van der Waals surface area contributed by atoms with Crippen molar-refractivity contribution in [2.75, 3.05) is 5.73 Å². The molecule has 0 atom stereocenters. The van der Waals surface area contributed by atoms with Gasteiger partial charge in [0.25, 0.3) is 0 Å². The number of nitrogen functional groups attached to an aromatic ring is 1. The standard InChI is InChI=1S/C12H10N4S/c1-7-6-17-12(14-7)10-8-4-2-3-5-9(8)11(13)16-15-10/h2-6H,1H3,(H2,13,16). The third kappa shape index (κ3) is 1.64. The van der Waals surface area contributed by atoms with Crippen LogP contribution >= 0.6 is 11.3 Å². The highest BCUT2D eigenvalue weighted by atomic mass is 32.1. The zero-order valence-electron chi connectivity index (χ0n) is 9.21. The topological polar surface area (TPSA) is 64.7 Å². The molecule has 0 aliphatic rings. The smallest absolute Gasteiger partial charge is 0.154 e. The number of rotatable bonds is 1. The Morgan fingerprint density at radius 2 is 1.88 bits per heavy atom. The van der Waals surface area contributed by atoms with Gasteiger partial charge in [-0.15, -0.1) is 21.5 Å². The van der Waals surface area contributed by atoms with Gasteiger partial charge in [-0.1, -0.05) is 24.3 Å². The average molecular weight is 242 g/mol. The van der Waals surface area contributed by atoms with Crippen LogP contribution in [-0.2, 0) is 0 Å². The van der Waals surface area contributed by atoms with Gasteiger partial charge in [0, 0.05) is 21.8 Å². The molecule has 17 heavy (non-hydrogen) atoms. The Bertz CT molecular complexity index is 690. The molecule has 0 radical (unpaired) electrons. The minimum absolute atomic E-state index is 0.456. The van der Waals surface area contributed by atoms with Crippen molar-refractivity contribution in [1.29, 1.82) is 0 Å². The number of aromatic nitrogens is 3. The predicted octanol–water partition coefficient (Wildman–Crippen LogP) is 2.64. The highest BCUT2D eigenvalue weighted by Gasteiger charge is 2.11. The van der Waals surface area contributed by atoms with Gasteiger partial charge in [0.1, 0.15) is 10.7 Å². The Labute approximate surface area is 102 Å². The number of nitrogens with two attached hydrogens (primary N) is 1. The van der Waals surface area contributed by atoms with Crippen LogP contribution in [0.15, 0.2) is 29.6 Å². The van der Waals surface area contributed by atoms with Crippen LogP contribution < -0.4 is 5.73 Å². The van der Waals surface area contributed by atoms with Gasteiger partial charge in [-0.05, 0) is 6.92 Å². The Kier molecular flexibility index (Phi) is 2.26. The van der Waals surface area contributed by atoms with Crippen molar-refractivity contribution in [1.82, 2.24) is 15.2 Å². The van der Waals surface area contributed by atoms with E-state index < -0.39 is 0 Å². The SMILES string of the molecule is Cc1csc(-c2nnc(N)c3ccccc23)n1. The van der Waals surface area contributed by atoms with E-state index in [4.69, 9.17) is 5.73 Å². The van der Waals surface area contributed by atoms with E-state index in [1.165, 1.54) is 0 Å². The fraction of sp³-hybridized carbons (Fsp3) is 0.0833. The molecule has 3 rings (SSSR count).